The molecule has 6 heteroatoms. The first kappa shape index (κ1) is 17.5. The molecule has 2 heterocycles. The number of rotatable bonds is 5. The van der Waals surface area contributed by atoms with Crippen LogP contribution in [-0.4, -0.2) is 38.9 Å². The number of benzene rings is 1. The Morgan fingerprint density at radius 2 is 2.08 bits per heavy atom. The molecule has 1 atom stereocenters. The molecule has 0 spiro atoms. The Balaban J connectivity index is 1.85. The zero-order chi connectivity index (χ0) is 17.8. The summed E-state index contributed by atoms with van der Waals surface area (Å²) < 4.78 is 1.94. The predicted molar refractivity (Wildman–Crippen MR) is 96.9 cm³/mol. The van der Waals surface area contributed by atoms with Crippen molar-refractivity contribution in [2.45, 2.75) is 58.7 Å². The smallest absolute Gasteiger partial charge is 0.242 e. The zero-order valence-electron chi connectivity index (χ0n) is 15.0. The molecule has 1 aromatic heterocycles. The highest BCUT2D eigenvalue weighted by molar-refractivity contribution is 5.81. The molecule has 2 amide bonds. The summed E-state index contributed by atoms with van der Waals surface area (Å²) in [5, 5.41) is 2.86. The van der Waals surface area contributed by atoms with Crippen LogP contribution in [0.25, 0.3) is 11.0 Å². The van der Waals surface area contributed by atoms with E-state index in [1.807, 2.05) is 40.7 Å². The number of likely N-dealkylation sites (tertiary alicyclic amines) is 1. The Kier molecular flexibility index (Phi) is 5.36. The fourth-order valence-corrected chi connectivity index (χ4v) is 3.43. The maximum absolute atomic E-state index is 12.9. The Labute approximate surface area is 148 Å². The van der Waals surface area contributed by atoms with E-state index in [4.69, 9.17) is 0 Å². The first-order valence-electron chi connectivity index (χ1n) is 9.10. The Bertz CT molecular complexity index is 768. The number of piperidine rings is 1. The largest absolute Gasteiger partial charge is 0.349 e. The number of hydrogen-bond acceptors (Lipinski definition) is 3. The summed E-state index contributed by atoms with van der Waals surface area (Å²) in [6, 6.07) is 8.08. The molecule has 25 heavy (non-hydrogen) atoms. The molecule has 1 unspecified atom stereocenters. The second kappa shape index (κ2) is 7.68. The number of amides is 2. The third kappa shape index (κ3) is 3.83. The molecule has 6 nitrogen and oxygen atoms in total. The lowest BCUT2D eigenvalue weighted by Gasteiger charge is -2.33. The highest BCUT2D eigenvalue weighted by Crippen LogP contribution is 2.20. The van der Waals surface area contributed by atoms with Gasteiger partial charge in [-0.1, -0.05) is 19.1 Å². The van der Waals surface area contributed by atoms with Crippen LogP contribution in [0, 0.1) is 0 Å². The average molecular weight is 342 g/mol. The maximum atomic E-state index is 12.9. The number of aromatic nitrogens is 2. The van der Waals surface area contributed by atoms with Crippen LogP contribution in [-0.2, 0) is 22.7 Å². The summed E-state index contributed by atoms with van der Waals surface area (Å²) >= 11 is 0. The van der Waals surface area contributed by atoms with Crippen molar-refractivity contribution in [1.29, 1.82) is 0 Å². The predicted octanol–water partition coefficient (Wildman–Crippen LogP) is 2.46. The molecule has 1 aliphatic rings. The van der Waals surface area contributed by atoms with E-state index in [2.05, 4.69) is 17.2 Å². The van der Waals surface area contributed by atoms with E-state index in [1.165, 1.54) is 6.42 Å². The fourth-order valence-electron chi connectivity index (χ4n) is 3.43. The van der Waals surface area contributed by atoms with Gasteiger partial charge in [0, 0.05) is 19.0 Å². The summed E-state index contributed by atoms with van der Waals surface area (Å²) in [4.78, 5) is 31.0. The van der Waals surface area contributed by atoms with E-state index in [1.54, 1.807) is 0 Å². The molecule has 0 radical (unpaired) electrons. The van der Waals surface area contributed by atoms with E-state index < -0.39 is 0 Å². The van der Waals surface area contributed by atoms with Gasteiger partial charge >= 0.3 is 0 Å². The Hall–Kier alpha value is -2.37. The van der Waals surface area contributed by atoms with Gasteiger partial charge in [0.15, 0.2) is 0 Å². The minimum atomic E-state index is -0.0189. The SMILES string of the molecule is CCC(=O)NCc1nc2ccccc2n1CC(=O)N1CCCCC1C. The topological polar surface area (TPSA) is 67.2 Å². The van der Waals surface area contributed by atoms with Crippen LogP contribution in [0.2, 0.25) is 0 Å². The van der Waals surface area contributed by atoms with Crippen LogP contribution in [0.5, 0.6) is 0 Å². The lowest BCUT2D eigenvalue weighted by atomic mass is 10.0. The van der Waals surface area contributed by atoms with E-state index in [9.17, 15) is 9.59 Å². The van der Waals surface area contributed by atoms with Gasteiger partial charge in [-0.05, 0) is 38.3 Å². The molecule has 2 aromatic rings. The van der Waals surface area contributed by atoms with Crippen LogP contribution < -0.4 is 5.32 Å². The molecule has 0 saturated carbocycles. The number of imidazole rings is 1. The van der Waals surface area contributed by atoms with E-state index >= 15 is 0 Å². The lowest BCUT2D eigenvalue weighted by Crippen LogP contribution is -2.43. The number of para-hydroxylation sites is 2. The molecule has 1 N–H and O–H groups in total. The molecule has 3 rings (SSSR count). The molecular formula is C19H26N4O2. The van der Waals surface area contributed by atoms with Crippen LogP contribution in [0.15, 0.2) is 24.3 Å². The van der Waals surface area contributed by atoms with Crippen LogP contribution >= 0.6 is 0 Å². The average Bonchev–Trinajstić information content (AvgIpc) is 2.97. The summed E-state index contributed by atoms with van der Waals surface area (Å²) in [6.45, 7) is 5.37. The molecule has 1 saturated heterocycles. The second-order valence-electron chi connectivity index (χ2n) is 6.67. The van der Waals surface area contributed by atoms with E-state index in [-0.39, 0.29) is 18.4 Å². The molecule has 1 fully saturated rings. The highest BCUT2D eigenvalue weighted by Gasteiger charge is 2.24. The van der Waals surface area contributed by atoms with Crippen LogP contribution in [0.3, 0.4) is 0 Å². The maximum Gasteiger partial charge on any atom is 0.242 e. The van der Waals surface area contributed by atoms with Crippen molar-refractivity contribution >= 4 is 22.8 Å². The van der Waals surface area contributed by atoms with Gasteiger partial charge < -0.3 is 14.8 Å². The highest BCUT2D eigenvalue weighted by atomic mass is 16.2. The van der Waals surface area contributed by atoms with Gasteiger partial charge in [-0.2, -0.15) is 0 Å². The number of nitrogens with zero attached hydrogens (tertiary/aromatic N) is 3. The quantitative estimate of drug-likeness (QED) is 0.908. The number of carbonyl (C=O) groups is 2. The van der Waals surface area contributed by atoms with Gasteiger partial charge in [0.1, 0.15) is 12.4 Å². The molecule has 1 aromatic carbocycles. The standard InChI is InChI=1S/C19H26N4O2/c1-3-18(24)20-12-17-21-15-9-4-5-10-16(15)23(17)13-19(25)22-11-7-6-8-14(22)2/h4-5,9-10,14H,3,6-8,11-13H2,1-2H3,(H,20,24). The zero-order valence-corrected chi connectivity index (χ0v) is 15.0. The Morgan fingerprint density at radius 3 is 2.84 bits per heavy atom. The van der Waals surface area contributed by atoms with Crippen molar-refractivity contribution in [2.24, 2.45) is 0 Å². The third-order valence-corrected chi connectivity index (χ3v) is 4.92. The van der Waals surface area contributed by atoms with E-state index in [0.717, 1.165) is 36.2 Å². The van der Waals surface area contributed by atoms with Gasteiger partial charge in [0.05, 0.1) is 17.6 Å². The van der Waals surface area contributed by atoms with Crippen molar-refractivity contribution in [3.05, 3.63) is 30.1 Å². The summed E-state index contributed by atoms with van der Waals surface area (Å²) in [7, 11) is 0. The first-order valence-corrected chi connectivity index (χ1v) is 9.10. The number of hydrogen-bond donors (Lipinski definition) is 1. The summed E-state index contributed by atoms with van der Waals surface area (Å²) in [5.74, 6) is 0.828. The molecular weight excluding hydrogens is 316 g/mol. The minimum absolute atomic E-state index is 0.0189. The molecule has 0 bridgehead atoms. The van der Waals surface area contributed by atoms with Crippen molar-refractivity contribution in [1.82, 2.24) is 19.8 Å². The number of nitrogens with one attached hydrogen (secondary N) is 1. The fraction of sp³-hybridized carbons (Fsp3) is 0.526. The van der Waals surface area contributed by atoms with Crippen molar-refractivity contribution in [3.8, 4) is 0 Å². The summed E-state index contributed by atoms with van der Waals surface area (Å²) in [5.41, 5.74) is 1.78. The molecule has 134 valence electrons. The van der Waals surface area contributed by atoms with Crippen molar-refractivity contribution in [2.75, 3.05) is 6.54 Å². The normalized spacial score (nSPS) is 17.7. The van der Waals surface area contributed by atoms with Crippen molar-refractivity contribution in [3.63, 3.8) is 0 Å². The number of carbonyl (C=O) groups excluding carboxylic acids is 2. The second-order valence-corrected chi connectivity index (χ2v) is 6.67. The molecule has 0 aliphatic carbocycles. The van der Waals surface area contributed by atoms with Crippen LogP contribution in [0.4, 0.5) is 0 Å². The first-order chi connectivity index (χ1) is 12.1. The molecule has 1 aliphatic heterocycles. The van der Waals surface area contributed by atoms with Crippen LogP contribution in [0.1, 0.15) is 45.4 Å². The Morgan fingerprint density at radius 1 is 1.28 bits per heavy atom. The van der Waals surface area contributed by atoms with Gasteiger partial charge in [0.25, 0.3) is 0 Å². The van der Waals surface area contributed by atoms with E-state index in [0.29, 0.717) is 19.0 Å². The lowest BCUT2D eigenvalue weighted by molar-refractivity contribution is -0.135. The van der Waals surface area contributed by atoms with Gasteiger partial charge in [-0.25, -0.2) is 4.98 Å². The van der Waals surface area contributed by atoms with Crippen molar-refractivity contribution < 1.29 is 9.59 Å². The monoisotopic (exact) mass is 342 g/mol. The summed E-state index contributed by atoms with van der Waals surface area (Å²) in [6.07, 6.45) is 3.76. The van der Waals surface area contributed by atoms with Gasteiger partial charge in [0.2, 0.25) is 11.8 Å². The van der Waals surface area contributed by atoms with Gasteiger partial charge in [-0.15, -0.1) is 0 Å². The third-order valence-electron chi connectivity index (χ3n) is 4.92. The minimum Gasteiger partial charge on any atom is -0.349 e. The van der Waals surface area contributed by atoms with Gasteiger partial charge in [-0.3, -0.25) is 9.59 Å². The number of fused-ring (bicyclic) bond motifs is 1.